The first-order chi connectivity index (χ1) is 12.5. The number of amides is 2. The van der Waals surface area contributed by atoms with Crippen molar-refractivity contribution in [2.24, 2.45) is 11.8 Å². The van der Waals surface area contributed by atoms with Crippen molar-refractivity contribution in [3.05, 3.63) is 36.5 Å². The lowest BCUT2D eigenvalue weighted by Crippen LogP contribution is -2.47. The van der Waals surface area contributed by atoms with Crippen molar-refractivity contribution in [1.82, 2.24) is 14.7 Å². The Morgan fingerprint density at radius 3 is 2.65 bits per heavy atom. The number of nitrogens with one attached hydrogen (secondary N) is 1. The summed E-state index contributed by atoms with van der Waals surface area (Å²) in [6.07, 6.45) is 4.23. The van der Waals surface area contributed by atoms with Crippen LogP contribution in [0.5, 0.6) is 0 Å². The number of thioether (sulfide) groups is 1. The number of aliphatic carboxylic acids is 1. The minimum atomic E-state index is -0.853. The van der Waals surface area contributed by atoms with Gasteiger partial charge in [0.05, 0.1) is 22.7 Å². The van der Waals surface area contributed by atoms with Crippen molar-refractivity contribution in [3.8, 4) is 5.69 Å². The molecule has 0 spiro atoms. The van der Waals surface area contributed by atoms with Gasteiger partial charge >= 0.3 is 12.0 Å². The van der Waals surface area contributed by atoms with Crippen LogP contribution < -0.4 is 5.32 Å². The number of carboxylic acid groups (broad SMARTS) is 1. The summed E-state index contributed by atoms with van der Waals surface area (Å²) in [7, 11) is 0. The van der Waals surface area contributed by atoms with Crippen LogP contribution in [0.2, 0.25) is 0 Å². The zero-order chi connectivity index (χ0) is 18.7. The summed E-state index contributed by atoms with van der Waals surface area (Å²) in [4.78, 5) is 26.6. The molecule has 2 heterocycles. The number of carbonyl (C=O) groups is 2. The van der Waals surface area contributed by atoms with Crippen LogP contribution in [0.15, 0.2) is 41.4 Å². The first-order valence-electron chi connectivity index (χ1n) is 8.45. The van der Waals surface area contributed by atoms with E-state index in [9.17, 15) is 14.7 Å². The largest absolute Gasteiger partial charge is 0.481 e. The van der Waals surface area contributed by atoms with Crippen LogP contribution in [0.25, 0.3) is 5.69 Å². The van der Waals surface area contributed by atoms with Crippen molar-refractivity contribution in [3.63, 3.8) is 0 Å². The number of benzene rings is 1. The molecule has 2 unspecified atom stereocenters. The Morgan fingerprint density at radius 2 is 2.00 bits per heavy atom. The fourth-order valence-electron chi connectivity index (χ4n) is 3.24. The van der Waals surface area contributed by atoms with Crippen LogP contribution in [0.4, 0.5) is 10.6 Å². The Balaban J connectivity index is 1.83. The van der Waals surface area contributed by atoms with Gasteiger partial charge in [0, 0.05) is 13.1 Å². The number of nitrogens with zero attached hydrogens (tertiary/aromatic N) is 3. The second-order valence-corrected chi connectivity index (χ2v) is 7.37. The molecule has 2 aromatic rings. The fraction of sp³-hybridized carbons (Fsp3) is 0.389. The van der Waals surface area contributed by atoms with Gasteiger partial charge < -0.3 is 10.0 Å². The number of urea groups is 1. The van der Waals surface area contributed by atoms with E-state index in [-0.39, 0.29) is 18.5 Å². The van der Waals surface area contributed by atoms with Gasteiger partial charge in [-0.05, 0) is 30.7 Å². The van der Waals surface area contributed by atoms with Gasteiger partial charge in [-0.3, -0.25) is 10.1 Å². The molecule has 1 saturated heterocycles. The van der Waals surface area contributed by atoms with E-state index in [2.05, 4.69) is 10.4 Å². The van der Waals surface area contributed by atoms with Crippen LogP contribution in [0, 0.1) is 11.8 Å². The van der Waals surface area contributed by atoms with Gasteiger partial charge in [-0.2, -0.15) is 5.10 Å². The van der Waals surface area contributed by atoms with Gasteiger partial charge in [0.25, 0.3) is 0 Å². The number of para-hydroxylation sites is 1. The Labute approximate surface area is 156 Å². The van der Waals surface area contributed by atoms with E-state index in [0.29, 0.717) is 18.8 Å². The van der Waals surface area contributed by atoms with Crippen molar-refractivity contribution in [2.75, 3.05) is 24.7 Å². The summed E-state index contributed by atoms with van der Waals surface area (Å²) in [5, 5.41) is 16.6. The van der Waals surface area contributed by atoms with Gasteiger partial charge in [-0.25, -0.2) is 9.48 Å². The molecule has 1 fully saturated rings. The number of carbonyl (C=O) groups excluding carboxylic acids is 1. The number of likely N-dealkylation sites (tertiary alicyclic amines) is 1. The standard InChI is InChI=1S/C18H22N4O3S/c1-12-8-13(17(23)24)11-21(10-12)18(25)20-16-15(26-2)9-19-22(16)14-6-4-3-5-7-14/h3-7,9,12-13H,8,10-11H2,1-2H3,(H,20,25)(H,23,24). The second-order valence-electron chi connectivity index (χ2n) is 6.52. The zero-order valence-corrected chi connectivity index (χ0v) is 15.6. The predicted octanol–water partition coefficient (Wildman–Crippen LogP) is 3.17. The summed E-state index contributed by atoms with van der Waals surface area (Å²) in [5.74, 6) is -0.634. The van der Waals surface area contributed by atoms with E-state index in [1.165, 1.54) is 11.8 Å². The number of hydrogen-bond donors (Lipinski definition) is 2. The number of anilines is 1. The smallest absolute Gasteiger partial charge is 0.323 e. The molecule has 0 radical (unpaired) electrons. The highest BCUT2D eigenvalue weighted by Gasteiger charge is 2.32. The van der Waals surface area contributed by atoms with Crippen molar-refractivity contribution in [1.29, 1.82) is 0 Å². The van der Waals surface area contributed by atoms with Crippen molar-refractivity contribution >= 4 is 29.6 Å². The van der Waals surface area contributed by atoms with Gasteiger partial charge in [0.2, 0.25) is 0 Å². The van der Waals surface area contributed by atoms with E-state index in [4.69, 9.17) is 0 Å². The molecule has 7 nitrogen and oxygen atoms in total. The molecular formula is C18H22N4O3S. The highest BCUT2D eigenvalue weighted by atomic mass is 32.2. The molecule has 26 heavy (non-hydrogen) atoms. The zero-order valence-electron chi connectivity index (χ0n) is 14.8. The molecule has 1 aromatic carbocycles. The lowest BCUT2D eigenvalue weighted by molar-refractivity contribution is -0.143. The fourth-order valence-corrected chi connectivity index (χ4v) is 3.72. The molecule has 2 amide bonds. The van der Waals surface area contributed by atoms with Crippen LogP contribution in [0.3, 0.4) is 0 Å². The van der Waals surface area contributed by atoms with Crippen LogP contribution in [-0.4, -0.2) is 51.1 Å². The molecule has 3 rings (SSSR count). The quantitative estimate of drug-likeness (QED) is 0.803. The molecule has 2 atom stereocenters. The molecule has 1 aliphatic heterocycles. The lowest BCUT2D eigenvalue weighted by Gasteiger charge is -2.34. The summed E-state index contributed by atoms with van der Waals surface area (Å²) < 4.78 is 1.69. The molecule has 0 saturated carbocycles. The van der Waals surface area contributed by atoms with E-state index in [1.807, 2.05) is 43.5 Å². The average molecular weight is 374 g/mol. The lowest BCUT2D eigenvalue weighted by atomic mass is 9.91. The predicted molar refractivity (Wildman–Crippen MR) is 101 cm³/mol. The van der Waals surface area contributed by atoms with Crippen molar-refractivity contribution in [2.45, 2.75) is 18.2 Å². The minimum Gasteiger partial charge on any atom is -0.481 e. The maximum absolute atomic E-state index is 12.8. The van der Waals surface area contributed by atoms with E-state index in [0.717, 1.165) is 10.6 Å². The number of carboxylic acids is 1. The molecule has 1 aliphatic rings. The van der Waals surface area contributed by atoms with Crippen LogP contribution >= 0.6 is 11.8 Å². The van der Waals surface area contributed by atoms with Gasteiger partial charge in [0.1, 0.15) is 0 Å². The molecule has 0 bridgehead atoms. The second kappa shape index (κ2) is 7.82. The van der Waals surface area contributed by atoms with Gasteiger partial charge in [0.15, 0.2) is 5.82 Å². The number of hydrogen-bond acceptors (Lipinski definition) is 4. The van der Waals surface area contributed by atoms with E-state index in [1.54, 1.807) is 15.8 Å². The summed E-state index contributed by atoms with van der Waals surface area (Å²) in [6, 6.07) is 9.26. The number of piperidine rings is 1. The number of aromatic nitrogens is 2. The SMILES string of the molecule is CSc1cnn(-c2ccccc2)c1NC(=O)N1CC(C)CC(C(=O)O)C1. The van der Waals surface area contributed by atoms with E-state index < -0.39 is 11.9 Å². The first kappa shape index (κ1) is 18.3. The van der Waals surface area contributed by atoms with Crippen LogP contribution in [-0.2, 0) is 4.79 Å². The topological polar surface area (TPSA) is 87.5 Å². The normalized spacial score (nSPS) is 20.0. The van der Waals surface area contributed by atoms with Gasteiger partial charge in [-0.1, -0.05) is 25.1 Å². The molecule has 1 aromatic heterocycles. The summed E-state index contributed by atoms with van der Waals surface area (Å²) in [5.41, 5.74) is 0.846. The Kier molecular flexibility index (Phi) is 5.51. The summed E-state index contributed by atoms with van der Waals surface area (Å²) in [6.45, 7) is 2.74. The van der Waals surface area contributed by atoms with Crippen molar-refractivity contribution < 1.29 is 14.7 Å². The molecular weight excluding hydrogens is 352 g/mol. The molecule has 2 N–H and O–H groups in total. The van der Waals surface area contributed by atoms with Crippen LogP contribution in [0.1, 0.15) is 13.3 Å². The summed E-state index contributed by atoms with van der Waals surface area (Å²) >= 11 is 1.49. The Bertz CT molecular complexity index is 793. The maximum Gasteiger partial charge on any atom is 0.323 e. The first-order valence-corrected chi connectivity index (χ1v) is 9.68. The van der Waals surface area contributed by atoms with Gasteiger partial charge in [-0.15, -0.1) is 11.8 Å². The minimum absolute atomic E-state index is 0.148. The third-order valence-electron chi connectivity index (χ3n) is 4.48. The highest BCUT2D eigenvalue weighted by molar-refractivity contribution is 7.98. The molecule has 8 heteroatoms. The maximum atomic E-state index is 12.8. The third kappa shape index (κ3) is 3.85. The molecule has 138 valence electrons. The highest BCUT2D eigenvalue weighted by Crippen LogP contribution is 2.29. The number of rotatable bonds is 4. The molecule has 0 aliphatic carbocycles. The Hall–Kier alpha value is -2.48. The monoisotopic (exact) mass is 374 g/mol. The van der Waals surface area contributed by atoms with E-state index >= 15 is 0 Å². The average Bonchev–Trinajstić information content (AvgIpc) is 3.04. The Morgan fingerprint density at radius 1 is 1.27 bits per heavy atom. The third-order valence-corrected chi connectivity index (χ3v) is 5.22.